The zero-order valence-corrected chi connectivity index (χ0v) is 11.8. The smallest absolute Gasteiger partial charge is 0.168 e. The zero-order valence-electron chi connectivity index (χ0n) is 11.0. The van der Waals surface area contributed by atoms with Crippen LogP contribution >= 0.6 is 11.6 Å². The number of nitrogen functional groups attached to an aromatic ring is 1. The van der Waals surface area contributed by atoms with Gasteiger partial charge in [-0.2, -0.15) is 0 Å². The maximum atomic E-state index is 14.1. The molecular weight excluding hydrogens is 291 g/mol. The van der Waals surface area contributed by atoms with Gasteiger partial charge in [-0.25, -0.2) is 4.39 Å². The molecule has 0 aliphatic rings. The van der Waals surface area contributed by atoms with E-state index in [1.807, 2.05) is 12.1 Å². The molecule has 2 aromatic carbocycles. The summed E-state index contributed by atoms with van der Waals surface area (Å²) in [7, 11) is 0. The molecule has 0 fully saturated rings. The minimum absolute atomic E-state index is 0.129. The van der Waals surface area contributed by atoms with Crippen molar-refractivity contribution < 1.29 is 4.39 Å². The first-order chi connectivity index (χ1) is 10.2. The molecule has 21 heavy (non-hydrogen) atoms. The van der Waals surface area contributed by atoms with Gasteiger partial charge in [0, 0.05) is 11.3 Å². The van der Waals surface area contributed by atoms with E-state index in [1.54, 1.807) is 34.9 Å². The fourth-order valence-corrected chi connectivity index (χ4v) is 2.33. The molecular formula is C15H12ClFN4. The average Bonchev–Trinajstić information content (AvgIpc) is 2.91. The lowest BCUT2D eigenvalue weighted by molar-refractivity contribution is 0.616. The Labute approximate surface area is 126 Å². The van der Waals surface area contributed by atoms with Crippen molar-refractivity contribution in [3.05, 3.63) is 60.2 Å². The van der Waals surface area contributed by atoms with Crippen LogP contribution in [0.5, 0.6) is 0 Å². The Kier molecular flexibility index (Phi) is 3.58. The number of anilines is 1. The van der Waals surface area contributed by atoms with E-state index >= 15 is 0 Å². The Hall–Kier alpha value is -2.40. The number of benzene rings is 2. The van der Waals surface area contributed by atoms with Gasteiger partial charge < -0.3 is 5.73 Å². The lowest BCUT2D eigenvalue weighted by atomic mass is 10.2. The van der Waals surface area contributed by atoms with Crippen LogP contribution in [0.25, 0.3) is 17.1 Å². The average molecular weight is 303 g/mol. The Morgan fingerprint density at radius 3 is 2.62 bits per heavy atom. The monoisotopic (exact) mass is 302 g/mol. The Bertz CT molecular complexity index is 785. The van der Waals surface area contributed by atoms with E-state index in [2.05, 4.69) is 10.2 Å². The molecule has 4 nitrogen and oxygen atoms in total. The van der Waals surface area contributed by atoms with Crippen LogP contribution in [0.2, 0.25) is 0 Å². The van der Waals surface area contributed by atoms with E-state index in [1.165, 1.54) is 6.07 Å². The summed E-state index contributed by atoms with van der Waals surface area (Å²) in [5.74, 6) is 0.736. The van der Waals surface area contributed by atoms with Crippen molar-refractivity contribution in [2.24, 2.45) is 0 Å². The Morgan fingerprint density at radius 1 is 1.10 bits per heavy atom. The van der Waals surface area contributed by atoms with Crippen molar-refractivity contribution in [1.29, 1.82) is 0 Å². The highest BCUT2D eigenvalue weighted by Gasteiger charge is 2.17. The molecule has 0 amide bonds. The number of para-hydroxylation sites is 1. The van der Waals surface area contributed by atoms with E-state index in [0.717, 1.165) is 5.56 Å². The van der Waals surface area contributed by atoms with Gasteiger partial charge in [0.1, 0.15) is 5.82 Å². The molecule has 0 aliphatic carbocycles. The first-order valence-electron chi connectivity index (χ1n) is 6.32. The van der Waals surface area contributed by atoms with Crippen LogP contribution in [0.4, 0.5) is 10.1 Å². The van der Waals surface area contributed by atoms with Crippen LogP contribution in [0.3, 0.4) is 0 Å². The third-order valence-electron chi connectivity index (χ3n) is 3.09. The second-order valence-corrected chi connectivity index (χ2v) is 4.75. The number of halogens is 2. The number of nitrogens with two attached hydrogens (primary N) is 1. The molecule has 106 valence electrons. The molecule has 1 heterocycles. The van der Waals surface area contributed by atoms with Gasteiger partial charge in [0.25, 0.3) is 0 Å². The summed E-state index contributed by atoms with van der Waals surface area (Å²) >= 11 is 5.90. The number of alkyl halides is 1. The Balaban J connectivity index is 2.24. The summed E-state index contributed by atoms with van der Waals surface area (Å²) in [5.41, 5.74) is 7.51. The summed E-state index contributed by atoms with van der Waals surface area (Å²) in [6.45, 7) is 0. The van der Waals surface area contributed by atoms with E-state index < -0.39 is 0 Å². The lowest BCUT2D eigenvalue weighted by Crippen LogP contribution is -2.04. The number of nitrogens with zero attached hydrogens (tertiary/aromatic N) is 3. The summed E-state index contributed by atoms with van der Waals surface area (Å²) < 4.78 is 15.7. The normalized spacial score (nSPS) is 10.8. The van der Waals surface area contributed by atoms with Gasteiger partial charge in [0.2, 0.25) is 0 Å². The van der Waals surface area contributed by atoms with Crippen molar-refractivity contribution >= 4 is 17.3 Å². The minimum Gasteiger partial charge on any atom is -0.399 e. The first kappa shape index (κ1) is 13.6. The first-order valence-corrected chi connectivity index (χ1v) is 6.85. The summed E-state index contributed by atoms with van der Waals surface area (Å²) in [4.78, 5) is 0. The van der Waals surface area contributed by atoms with E-state index in [-0.39, 0.29) is 11.7 Å². The molecule has 3 rings (SSSR count). The third-order valence-corrected chi connectivity index (χ3v) is 3.33. The van der Waals surface area contributed by atoms with E-state index in [0.29, 0.717) is 23.0 Å². The molecule has 0 atom stereocenters. The summed E-state index contributed by atoms with van der Waals surface area (Å²) in [6.07, 6.45) is 0. The molecule has 0 unspecified atom stereocenters. The van der Waals surface area contributed by atoms with Crippen LogP contribution in [-0.2, 0) is 5.88 Å². The van der Waals surface area contributed by atoms with Crippen molar-refractivity contribution in [2.75, 3.05) is 5.73 Å². The van der Waals surface area contributed by atoms with Crippen LogP contribution in [0, 0.1) is 5.82 Å². The van der Waals surface area contributed by atoms with Gasteiger partial charge in [0.05, 0.1) is 11.6 Å². The van der Waals surface area contributed by atoms with Crippen LogP contribution in [0.15, 0.2) is 48.5 Å². The second-order valence-electron chi connectivity index (χ2n) is 4.49. The molecule has 1 aromatic heterocycles. The second kappa shape index (κ2) is 5.54. The topological polar surface area (TPSA) is 56.7 Å². The van der Waals surface area contributed by atoms with E-state index in [9.17, 15) is 4.39 Å². The molecule has 0 bridgehead atoms. The fourth-order valence-electron chi connectivity index (χ4n) is 2.15. The quantitative estimate of drug-likeness (QED) is 0.596. The molecule has 3 aromatic rings. The molecule has 2 N–H and O–H groups in total. The van der Waals surface area contributed by atoms with Gasteiger partial charge in [-0.15, -0.1) is 21.8 Å². The standard InChI is InChI=1S/C15H12ClFN4/c16-9-14-19-20-15(10-4-3-5-11(18)8-10)21(14)13-7-2-1-6-12(13)17/h1-8H,9,18H2. The van der Waals surface area contributed by atoms with Gasteiger partial charge in [-0.3, -0.25) is 4.57 Å². The zero-order chi connectivity index (χ0) is 14.8. The highest BCUT2D eigenvalue weighted by atomic mass is 35.5. The van der Waals surface area contributed by atoms with Crippen molar-refractivity contribution in [3.63, 3.8) is 0 Å². The predicted molar refractivity (Wildman–Crippen MR) is 80.7 cm³/mol. The molecule has 0 aliphatic heterocycles. The molecule has 6 heteroatoms. The van der Waals surface area contributed by atoms with Crippen molar-refractivity contribution in [3.8, 4) is 17.1 Å². The molecule has 0 radical (unpaired) electrons. The Morgan fingerprint density at radius 2 is 1.90 bits per heavy atom. The van der Waals surface area contributed by atoms with Crippen LogP contribution < -0.4 is 5.73 Å². The third kappa shape index (κ3) is 2.48. The number of rotatable bonds is 3. The number of hydrogen-bond donors (Lipinski definition) is 1. The van der Waals surface area contributed by atoms with Gasteiger partial charge in [-0.05, 0) is 24.3 Å². The highest BCUT2D eigenvalue weighted by Crippen LogP contribution is 2.26. The minimum atomic E-state index is -0.367. The largest absolute Gasteiger partial charge is 0.399 e. The van der Waals surface area contributed by atoms with Crippen molar-refractivity contribution in [2.45, 2.75) is 5.88 Å². The summed E-state index contributed by atoms with van der Waals surface area (Å²) in [6, 6.07) is 13.6. The highest BCUT2D eigenvalue weighted by molar-refractivity contribution is 6.16. The fraction of sp³-hybridized carbons (Fsp3) is 0.0667. The maximum absolute atomic E-state index is 14.1. The van der Waals surface area contributed by atoms with Crippen LogP contribution in [0.1, 0.15) is 5.82 Å². The van der Waals surface area contributed by atoms with Gasteiger partial charge in [0.15, 0.2) is 11.6 Å². The molecule has 0 spiro atoms. The lowest BCUT2D eigenvalue weighted by Gasteiger charge is -2.10. The number of aromatic nitrogens is 3. The van der Waals surface area contributed by atoms with Crippen molar-refractivity contribution in [1.82, 2.24) is 14.8 Å². The molecule has 0 saturated carbocycles. The SMILES string of the molecule is Nc1cccc(-c2nnc(CCl)n2-c2ccccc2F)c1. The van der Waals surface area contributed by atoms with Gasteiger partial charge >= 0.3 is 0 Å². The van der Waals surface area contributed by atoms with Crippen LogP contribution in [-0.4, -0.2) is 14.8 Å². The van der Waals surface area contributed by atoms with E-state index in [4.69, 9.17) is 17.3 Å². The maximum Gasteiger partial charge on any atom is 0.168 e. The summed E-state index contributed by atoms with van der Waals surface area (Å²) in [5, 5.41) is 8.15. The van der Waals surface area contributed by atoms with Gasteiger partial charge in [-0.1, -0.05) is 24.3 Å². The number of hydrogen-bond acceptors (Lipinski definition) is 3. The predicted octanol–water partition coefficient (Wildman–Crippen LogP) is 3.39. The molecule has 0 saturated heterocycles.